The Hall–Kier alpha value is -4.40. The summed E-state index contributed by atoms with van der Waals surface area (Å²) in [6, 6.07) is 15.3. The number of pyridine rings is 1. The number of anilines is 2. The highest BCUT2D eigenvalue weighted by Crippen LogP contribution is 2.24. The maximum absolute atomic E-state index is 12.3. The molecule has 31 heavy (non-hydrogen) atoms. The molecule has 2 aromatic heterocycles. The molecule has 4 aromatic rings. The molecule has 0 saturated carbocycles. The maximum Gasteiger partial charge on any atom is 0.323 e. The summed E-state index contributed by atoms with van der Waals surface area (Å²) in [6.45, 7) is 0. The van der Waals surface area contributed by atoms with E-state index < -0.39 is 0 Å². The van der Waals surface area contributed by atoms with Gasteiger partial charge < -0.3 is 20.7 Å². The van der Waals surface area contributed by atoms with E-state index in [4.69, 9.17) is 4.74 Å². The highest BCUT2D eigenvalue weighted by atomic mass is 16.5. The van der Waals surface area contributed by atoms with Crippen LogP contribution in [0.3, 0.4) is 0 Å². The van der Waals surface area contributed by atoms with Crippen LogP contribution in [-0.2, 0) is 7.05 Å². The lowest BCUT2D eigenvalue weighted by Gasteiger charge is -2.10. The number of aryl methyl sites for hydroxylation is 1. The molecule has 9 heteroatoms. The van der Waals surface area contributed by atoms with E-state index in [-0.39, 0.29) is 17.6 Å². The number of ether oxygens (including phenoxy) is 1. The minimum absolute atomic E-state index is 0.263. The molecule has 9 nitrogen and oxygen atoms in total. The Labute approximate surface area is 178 Å². The lowest BCUT2D eigenvalue weighted by Crippen LogP contribution is -2.19. The van der Waals surface area contributed by atoms with E-state index in [1.165, 1.54) is 13.2 Å². The fourth-order valence-corrected chi connectivity index (χ4v) is 3.00. The van der Waals surface area contributed by atoms with Crippen LogP contribution in [0.1, 0.15) is 10.5 Å². The number of rotatable bonds is 5. The molecule has 0 bridgehead atoms. The average molecular weight is 416 g/mol. The van der Waals surface area contributed by atoms with Crippen LogP contribution in [0.15, 0.2) is 67.0 Å². The average Bonchev–Trinajstić information content (AvgIpc) is 3.14. The maximum atomic E-state index is 12.3. The molecular weight excluding hydrogens is 396 g/mol. The van der Waals surface area contributed by atoms with Gasteiger partial charge in [0.15, 0.2) is 0 Å². The van der Waals surface area contributed by atoms with E-state index in [2.05, 4.69) is 26.0 Å². The third-order valence-corrected chi connectivity index (χ3v) is 4.54. The molecule has 0 fully saturated rings. The first kappa shape index (κ1) is 19.9. The van der Waals surface area contributed by atoms with Crippen LogP contribution in [-0.4, -0.2) is 33.8 Å². The van der Waals surface area contributed by atoms with Crippen molar-refractivity contribution in [2.24, 2.45) is 7.05 Å². The molecule has 2 heterocycles. The van der Waals surface area contributed by atoms with Crippen molar-refractivity contribution in [3.05, 3.63) is 72.7 Å². The van der Waals surface area contributed by atoms with Crippen LogP contribution in [0.25, 0.3) is 10.9 Å². The van der Waals surface area contributed by atoms with Crippen LogP contribution in [0.2, 0.25) is 0 Å². The zero-order valence-electron chi connectivity index (χ0n) is 16.9. The number of benzene rings is 2. The Morgan fingerprint density at radius 2 is 1.68 bits per heavy atom. The van der Waals surface area contributed by atoms with Gasteiger partial charge in [-0.1, -0.05) is 0 Å². The molecule has 3 amide bonds. The number of carbonyl (C=O) groups excluding carboxylic acids is 2. The van der Waals surface area contributed by atoms with E-state index in [1.807, 2.05) is 25.2 Å². The van der Waals surface area contributed by atoms with Crippen LogP contribution >= 0.6 is 0 Å². The monoisotopic (exact) mass is 416 g/mol. The highest BCUT2D eigenvalue weighted by molar-refractivity contribution is 6.01. The third kappa shape index (κ3) is 4.61. The van der Waals surface area contributed by atoms with Crippen LogP contribution in [0.4, 0.5) is 16.2 Å². The molecule has 0 radical (unpaired) electrons. The number of nitrogens with zero attached hydrogens (tertiary/aromatic N) is 3. The van der Waals surface area contributed by atoms with Crippen molar-refractivity contribution in [1.82, 2.24) is 20.1 Å². The van der Waals surface area contributed by atoms with E-state index >= 15 is 0 Å². The first-order valence-electron chi connectivity index (χ1n) is 9.47. The van der Waals surface area contributed by atoms with Gasteiger partial charge in [-0.05, 0) is 48.5 Å². The molecule has 0 aliphatic heterocycles. The molecule has 156 valence electrons. The summed E-state index contributed by atoms with van der Waals surface area (Å²) in [5, 5.41) is 13.2. The quantitative estimate of drug-likeness (QED) is 0.459. The minimum atomic E-state index is -0.360. The zero-order valence-corrected chi connectivity index (χ0v) is 16.9. The van der Waals surface area contributed by atoms with Gasteiger partial charge in [0.25, 0.3) is 5.91 Å². The molecule has 0 aliphatic carbocycles. The first-order valence-corrected chi connectivity index (χ1v) is 9.47. The number of hydrogen-bond acceptors (Lipinski definition) is 5. The largest absolute Gasteiger partial charge is 0.457 e. The van der Waals surface area contributed by atoms with Crippen molar-refractivity contribution in [3.8, 4) is 11.5 Å². The second kappa shape index (κ2) is 8.54. The zero-order chi connectivity index (χ0) is 21.8. The van der Waals surface area contributed by atoms with Gasteiger partial charge in [0.05, 0.1) is 11.7 Å². The summed E-state index contributed by atoms with van der Waals surface area (Å²) in [5.74, 6) is 0.749. The molecule has 0 unspecified atom stereocenters. The topological polar surface area (TPSA) is 110 Å². The van der Waals surface area contributed by atoms with Crippen molar-refractivity contribution >= 4 is 34.2 Å². The van der Waals surface area contributed by atoms with Gasteiger partial charge in [-0.25, -0.2) is 4.79 Å². The minimum Gasteiger partial charge on any atom is -0.457 e. The lowest BCUT2D eigenvalue weighted by molar-refractivity contribution is 0.0958. The van der Waals surface area contributed by atoms with Crippen molar-refractivity contribution in [3.63, 3.8) is 0 Å². The number of fused-ring (bicyclic) bond motifs is 1. The van der Waals surface area contributed by atoms with E-state index in [1.54, 1.807) is 47.3 Å². The fourth-order valence-electron chi connectivity index (χ4n) is 3.00. The number of aromatic nitrogens is 3. The summed E-state index contributed by atoms with van der Waals surface area (Å²) in [7, 11) is 3.40. The smallest absolute Gasteiger partial charge is 0.323 e. The molecule has 4 rings (SSSR count). The number of urea groups is 1. The number of hydrogen-bond donors (Lipinski definition) is 3. The molecule has 0 spiro atoms. The molecule has 0 aliphatic rings. The molecule has 2 aromatic carbocycles. The predicted molar refractivity (Wildman–Crippen MR) is 117 cm³/mol. The Balaban J connectivity index is 1.37. The first-order chi connectivity index (χ1) is 15.0. The van der Waals surface area contributed by atoms with Gasteiger partial charge >= 0.3 is 6.03 Å². The Kier molecular flexibility index (Phi) is 5.48. The summed E-state index contributed by atoms with van der Waals surface area (Å²) in [6.07, 6.45) is 3.25. The lowest BCUT2D eigenvalue weighted by atomic mass is 10.2. The van der Waals surface area contributed by atoms with Gasteiger partial charge in [0.1, 0.15) is 17.2 Å². The Morgan fingerprint density at radius 1 is 0.935 bits per heavy atom. The number of carbonyl (C=O) groups is 2. The van der Waals surface area contributed by atoms with Crippen molar-refractivity contribution in [1.29, 1.82) is 0 Å². The van der Waals surface area contributed by atoms with E-state index in [0.29, 0.717) is 22.9 Å². The van der Waals surface area contributed by atoms with Gasteiger partial charge in [-0.3, -0.25) is 14.5 Å². The van der Waals surface area contributed by atoms with Gasteiger partial charge in [-0.2, -0.15) is 5.10 Å². The Bertz CT molecular complexity index is 1250. The van der Waals surface area contributed by atoms with Crippen LogP contribution in [0, 0.1) is 0 Å². The number of nitrogens with one attached hydrogen (secondary N) is 3. The van der Waals surface area contributed by atoms with Crippen molar-refractivity contribution in [2.45, 2.75) is 0 Å². The molecular formula is C22H20N6O3. The van der Waals surface area contributed by atoms with Gasteiger partial charge in [0.2, 0.25) is 0 Å². The van der Waals surface area contributed by atoms with Crippen LogP contribution < -0.4 is 20.7 Å². The summed E-state index contributed by atoms with van der Waals surface area (Å²) in [4.78, 5) is 28.0. The SMILES string of the molecule is CNC(=O)c1cc(Oc2ccc(NC(=O)Nc3ccc4c(cnn4C)c3)cc2)ccn1. The van der Waals surface area contributed by atoms with Crippen LogP contribution in [0.5, 0.6) is 11.5 Å². The van der Waals surface area contributed by atoms with Crippen molar-refractivity contribution < 1.29 is 14.3 Å². The summed E-state index contributed by atoms with van der Waals surface area (Å²) >= 11 is 0. The molecule has 0 saturated heterocycles. The summed E-state index contributed by atoms with van der Waals surface area (Å²) in [5.41, 5.74) is 2.52. The molecule has 3 N–H and O–H groups in total. The Morgan fingerprint density at radius 3 is 2.45 bits per heavy atom. The molecule has 0 atom stereocenters. The predicted octanol–water partition coefficient (Wildman–Crippen LogP) is 3.76. The number of amides is 3. The fraction of sp³-hybridized carbons (Fsp3) is 0.0909. The van der Waals surface area contributed by atoms with E-state index in [9.17, 15) is 9.59 Å². The second-order valence-electron chi connectivity index (χ2n) is 6.70. The van der Waals surface area contributed by atoms with Crippen molar-refractivity contribution in [2.75, 3.05) is 17.7 Å². The normalized spacial score (nSPS) is 10.5. The summed E-state index contributed by atoms with van der Waals surface area (Å²) < 4.78 is 7.53. The standard InChI is InChI=1S/C22H20N6O3/c1-23-21(29)19-12-18(9-10-24-19)31-17-6-3-15(4-7-17)26-22(30)27-16-5-8-20-14(11-16)13-25-28(20)2/h3-13H,1-2H3,(H,23,29)(H2,26,27,30). The van der Waals surface area contributed by atoms with E-state index in [0.717, 1.165) is 10.9 Å². The second-order valence-corrected chi connectivity index (χ2v) is 6.70. The van der Waals surface area contributed by atoms with Gasteiger partial charge in [-0.15, -0.1) is 0 Å². The highest BCUT2D eigenvalue weighted by Gasteiger charge is 2.08. The van der Waals surface area contributed by atoms with Gasteiger partial charge in [0, 0.05) is 43.1 Å². The third-order valence-electron chi connectivity index (χ3n) is 4.54.